The average molecular weight is 421 g/mol. The normalized spacial score (nSPS) is 22.4. The lowest BCUT2D eigenvalue weighted by atomic mass is 10.1. The Balaban J connectivity index is 1.63. The molecule has 0 radical (unpaired) electrons. The predicted octanol–water partition coefficient (Wildman–Crippen LogP) is 3.41. The van der Waals surface area contributed by atoms with E-state index in [1.54, 1.807) is 30.3 Å². The molecule has 0 aliphatic carbocycles. The lowest BCUT2D eigenvalue weighted by Crippen LogP contribution is -2.48. The Bertz CT molecular complexity index is 913. The van der Waals surface area contributed by atoms with Crippen LogP contribution in [-0.2, 0) is 14.7 Å². The minimum atomic E-state index is -3.47. The van der Waals surface area contributed by atoms with Crippen LogP contribution in [0.2, 0.25) is 0 Å². The van der Waals surface area contributed by atoms with Crippen LogP contribution in [0.5, 0.6) is 0 Å². The second kappa shape index (κ2) is 6.14. The summed E-state index contributed by atoms with van der Waals surface area (Å²) in [7, 11) is -3.47. The van der Waals surface area contributed by atoms with Gasteiger partial charge in [-0.25, -0.2) is 8.42 Å². The summed E-state index contributed by atoms with van der Waals surface area (Å²) in [5.41, 5.74) is 0.0148. The first-order valence-electron chi connectivity index (χ1n) is 8.08. The topological polar surface area (TPSA) is 59.0 Å². The van der Waals surface area contributed by atoms with E-state index in [0.717, 1.165) is 23.0 Å². The fourth-order valence-corrected chi connectivity index (χ4v) is 5.36. The molecule has 1 unspecified atom stereocenters. The maximum absolute atomic E-state index is 12.8. The molecule has 5 nitrogen and oxygen atoms in total. The number of hydrogen-bond acceptors (Lipinski definition) is 5. The summed E-state index contributed by atoms with van der Waals surface area (Å²) in [4.78, 5) is 8.06. The quantitative estimate of drug-likeness (QED) is 0.760. The van der Waals surface area contributed by atoms with E-state index in [0.29, 0.717) is 17.2 Å². The van der Waals surface area contributed by atoms with E-state index in [2.05, 4.69) is 21.1 Å². The van der Waals surface area contributed by atoms with Crippen molar-refractivity contribution in [1.29, 1.82) is 0 Å². The number of rotatable bonds is 4. The summed E-state index contributed by atoms with van der Waals surface area (Å²) in [6.07, 6.45) is 1.52. The summed E-state index contributed by atoms with van der Waals surface area (Å²) in [5, 5.41) is 4.23. The number of benzene rings is 2. The van der Waals surface area contributed by atoms with Crippen LogP contribution < -0.4 is 0 Å². The smallest absolute Gasteiger partial charge is 0.225 e. The molecule has 4 rings (SSSR count). The van der Waals surface area contributed by atoms with Crippen LogP contribution in [0.3, 0.4) is 0 Å². The highest BCUT2D eigenvalue weighted by Gasteiger charge is 2.52. The molecular weight excluding hydrogens is 404 g/mol. The van der Waals surface area contributed by atoms with Crippen LogP contribution in [-0.4, -0.2) is 37.2 Å². The van der Waals surface area contributed by atoms with Gasteiger partial charge in [-0.3, -0.25) is 0 Å². The minimum Gasteiger partial charge on any atom is -0.364 e. The second-order valence-corrected chi connectivity index (χ2v) is 9.19. The summed E-state index contributed by atoms with van der Waals surface area (Å²) in [5.74, 6) is 0.598. The van der Waals surface area contributed by atoms with Crippen LogP contribution in [0.15, 0.2) is 69.1 Å². The van der Waals surface area contributed by atoms with Gasteiger partial charge in [-0.1, -0.05) is 51.4 Å². The SMILES string of the molecule is O=S(=O)(CC12CCCN1C(c1ccc(Br)cc1)=NO2)c1ccccc1. The average Bonchev–Trinajstić information content (AvgIpc) is 3.14. The number of nitrogens with zero attached hydrogens (tertiary/aromatic N) is 2. The van der Waals surface area contributed by atoms with Gasteiger partial charge in [-0.15, -0.1) is 0 Å². The van der Waals surface area contributed by atoms with Gasteiger partial charge in [0.2, 0.25) is 5.72 Å². The van der Waals surface area contributed by atoms with Crippen molar-refractivity contribution < 1.29 is 13.3 Å². The van der Waals surface area contributed by atoms with Crippen molar-refractivity contribution in [3.05, 3.63) is 64.6 Å². The summed E-state index contributed by atoms with van der Waals surface area (Å²) in [6.45, 7) is 0.735. The fourth-order valence-electron chi connectivity index (χ4n) is 3.42. The maximum Gasteiger partial charge on any atom is 0.225 e. The predicted molar refractivity (Wildman–Crippen MR) is 98.9 cm³/mol. The number of fused-ring (bicyclic) bond motifs is 1. The van der Waals surface area contributed by atoms with Crippen LogP contribution in [0.1, 0.15) is 18.4 Å². The number of halogens is 1. The van der Waals surface area contributed by atoms with E-state index in [4.69, 9.17) is 4.84 Å². The van der Waals surface area contributed by atoms with Gasteiger partial charge < -0.3 is 9.74 Å². The molecular formula is C18H17BrN2O3S. The van der Waals surface area contributed by atoms with E-state index in [-0.39, 0.29) is 5.75 Å². The van der Waals surface area contributed by atoms with Gasteiger partial charge in [0.05, 0.1) is 4.90 Å². The van der Waals surface area contributed by atoms with Gasteiger partial charge in [0.25, 0.3) is 0 Å². The highest BCUT2D eigenvalue weighted by molar-refractivity contribution is 9.10. The first-order valence-corrected chi connectivity index (χ1v) is 10.5. The van der Waals surface area contributed by atoms with E-state index >= 15 is 0 Å². The molecule has 0 amide bonds. The monoisotopic (exact) mass is 420 g/mol. The van der Waals surface area contributed by atoms with Gasteiger partial charge in [0, 0.05) is 23.0 Å². The van der Waals surface area contributed by atoms with Crippen molar-refractivity contribution in [1.82, 2.24) is 4.90 Å². The summed E-state index contributed by atoms with van der Waals surface area (Å²) >= 11 is 3.42. The minimum absolute atomic E-state index is 0.104. The Morgan fingerprint density at radius 1 is 1.12 bits per heavy atom. The molecule has 7 heteroatoms. The van der Waals surface area contributed by atoms with E-state index < -0.39 is 15.6 Å². The standard InChI is InChI=1S/C18H17BrN2O3S/c19-15-9-7-14(8-10-15)17-20-24-18(11-4-12-21(17)18)13-25(22,23)16-5-2-1-3-6-16/h1-3,5-10H,4,11-13H2. The molecule has 0 bridgehead atoms. The fraction of sp³-hybridized carbons (Fsp3) is 0.278. The molecule has 2 aromatic rings. The Morgan fingerprint density at radius 2 is 1.84 bits per heavy atom. The Kier molecular flexibility index (Phi) is 4.08. The third-order valence-electron chi connectivity index (χ3n) is 4.62. The lowest BCUT2D eigenvalue weighted by Gasteiger charge is -2.30. The van der Waals surface area contributed by atoms with Gasteiger partial charge in [-0.05, 0) is 30.7 Å². The van der Waals surface area contributed by atoms with E-state index in [9.17, 15) is 8.42 Å². The molecule has 0 saturated carbocycles. The van der Waals surface area contributed by atoms with Crippen molar-refractivity contribution >= 4 is 31.6 Å². The van der Waals surface area contributed by atoms with Gasteiger partial charge in [-0.2, -0.15) is 0 Å². The molecule has 0 N–H and O–H groups in total. The first kappa shape index (κ1) is 16.6. The highest BCUT2D eigenvalue weighted by Crippen LogP contribution is 2.39. The van der Waals surface area contributed by atoms with Gasteiger partial charge >= 0.3 is 0 Å². The Morgan fingerprint density at radius 3 is 2.56 bits per heavy atom. The van der Waals surface area contributed by atoms with Crippen molar-refractivity contribution in [3.8, 4) is 0 Å². The maximum atomic E-state index is 12.8. The van der Waals surface area contributed by atoms with Crippen LogP contribution in [0.25, 0.3) is 0 Å². The third kappa shape index (κ3) is 2.95. The van der Waals surface area contributed by atoms with E-state index in [1.165, 1.54) is 0 Å². The van der Waals surface area contributed by atoms with Crippen LogP contribution in [0, 0.1) is 0 Å². The zero-order chi connectivity index (χ0) is 17.5. The van der Waals surface area contributed by atoms with Crippen molar-refractivity contribution in [2.75, 3.05) is 12.3 Å². The van der Waals surface area contributed by atoms with Crippen molar-refractivity contribution in [2.24, 2.45) is 5.16 Å². The summed E-state index contributed by atoms with van der Waals surface area (Å²) < 4.78 is 26.7. The molecule has 2 aliphatic rings. The van der Waals surface area contributed by atoms with Crippen molar-refractivity contribution in [3.63, 3.8) is 0 Å². The molecule has 2 aliphatic heterocycles. The van der Waals surface area contributed by atoms with Crippen LogP contribution in [0.4, 0.5) is 0 Å². The number of oxime groups is 1. The Hall–Kier alpha value is -1.86. The molecule has 130 valence electrons. The van der Waals surface area contributed by atoms with Gasteiger partial charge in [0.15, 0.2) is 15.7 Å². The third-order valence-corrected chi connectivity index (χ3v) is 6.97. The zero-order valence-electron chi connectivity index (χ0n) is 13.4. The number of hydrogen-bond donors (Lipinski definition) is 0. The Labute approximate surface area is 155 Å². The van der Waals surface area contributed by atoms with Crippen LogP contribution >= 0.6 is 15.9 Å². The largest absolute Gasteiger partial charge is 0.364 e. The second-order valence-electron chi connectivity index (χ2n) is 6.29. The molecule has 0 aromatic heterocycles. The lowest BCUT2D eigenvalue weighted by molar-refractivity contribution is -0.0594. The molecule has 0 spiro atoms. The number of sulfone groups is 1. The molecule has 2 heterocycles. The molecule has 1 fully saturated rings. The molecule has 2 aromatic carbocycles. The van der Waals surface area contributed by atoms with Gasteiger partial charge in [0.1, 0.15) is 5.75 Å². The van der Waals surface area contributed by atoms with Crippen molar-refractivity contribution in [2.45, 2.75) is 23.5 Å². The first-order chi connectivity index (χ1) is 12.0. The highest BCUT2D eigenvalue weighted by atomic mass is 79.9. The van der Waals surface area contributed by atoms with E-state index in [1.807, 2.05) is 29.2 Å². The number of amidine groups is 1. The molecule has 25 heavy (non-hydrogen) atoms. The molecule has 1 saturated heterocycles. The zero-order valence-corrected chi connectivity index (χ0v) is 15.8. The summed E-state index contributed by atoms with van der Waals surface area (Å²) in [6, 6.07) is 16.3. The molecule has 1 atom stereocenters.